The number of hydrogen-bond acceptors (Lipinski definition) is 2. The van der Waals surface area contributed by atoms with E-state index in [1.54, 1.807) is 11.8 Å². The maximum Gasteiger partial charge on any atom is 0.164 e. The molecule has 0 saturated heterocycles. The zero-order valence-corrected chi connectivity index (χ0v) is 16.6. The van der Waals surface area contributed by atoms with Crippen LogP contribution in [-0.4, -0.2) is 5.78 Å². The van der Waals surface area contributed by atoms with Crippen LogP contribution >= 0.6 is 35.0 Å². The molecule has 4 heteroatoms. The smallest absolute Gasteiger partial charge is 0.164 e. The third-order valence-corrected chi connectivity index (χ3v) is 5.85. The molecule has 3 aromatic carbocycles. The van der Waals surface area contributed by atoms with E-state index in [1.165, 1.54) is 0 Å². The summed E-state index contributed by atoms with van der Waals surface area (Å²) in [5, 5.41) is 1.39. The molecule has 0 unspecified atom stereocenters. The van der Waals surface area contributed by atoms with Crippen LogP contribution in [0.15, 0.2) is 77.7 Å². The summed E-state index contributed by atoms with van der Waals surface area (Å²) in [6.07, 6.45) is 0.415. The lowest BCUT2D eigenvalue weighted by atomic mass is 10.0. The van der Waals surface area contributed by atoms with Crippen LogP contribution in [0.4, 0.5) is 0 Å². The number of benzene rings is 3. The van der Waals surface area contributed by atoms with Crippen molar-refractivity contribution >= 4 is 40.7 Å². The van der Waals surface area contributed by atoms with Gasteiger partial charge in [-0.15, -0.1) is 11.8 Å². The molecule has 0 aliphatic heterocycles. The first kappa shape index (κ1) is 19.0. The van der Waals surface area contributed by atoms with Gasteiger partial charge in [-0.3, -0.25) is 4.79 Å². The Labute approximate surface area is 168 Å². The number of rotatable bonds is 6. The van der Waals surface area contributed by atoms with Gasteiger partial charge >= 0.3 is 0 Å². The van der Waals surface area contributed by atoms with Gasteiger partial charge < -0.3 is 0 Å². The van der Waals surface area contributed by atoms with E-state index in [1.807, 2.05) is 79.7 Å². The fraction of sp³-hybridized carbons (Fsp3) is 0.136. The molecule has 0 heterocycles. The Hall–Kier alpha value is -1.74. The molecule has 3 rings (SSSR count). The van der Waals surface area contributed by atoms with Crippen LogP contribution in [0, 0.1) is 6.92 Å². The van der Waals surface area contributed by atoms with Crippen molar-refractivity contribution in [3.63, 3.8) is 0 Å². The summed E-state index contributed by atoms with van der Waals surface area (Å²) < 4.78 is 0. The maximum absolute atomic E-state index is 12.8. The van der Waals surface area contributed by atoms with Crippen LogP contribution in [-0.2, 0) is 0 Å². The lowest BCUT2D eigenvalue weighted by Gasteiger charge is -2.17. The molecule has 3 aromatic rings. The zero-order chi connectivity index (χ0) is 18.5. The van der Waals surface area contributed by atoms with Crippen LogP contribution in [0.1, 0.15) is 33.2 Å². The summed E-state index contributed by atoms with van der Waals surface area (Å²) in [7, 11) is 0. The first-order valence-electron chi connectivity index (χ1n) is 8.29. The van der Waals surface area contributed by atoms with Crippen LogP contribution in [0.25, 0.3) is 0 Å². The van der Waals surface area contributed by atoms with Crippen molar-refractivity contribution in [2.24, 2.45) is 0 Å². The Morgan fingerprint density at radius 2 is 1.38 bits per heavy atom. The minimum atomic E-state index is 0.00208. The van der Waals surface area contributed by atoms with Gasteiger partial charge in [0.25, 0.3) is 0 Å². The van der Waals surface area contributed by atoms with Crippen LogP contribution < -0.4 is 0 Å². The maximum atomic E-state index is 12.8. The van der Waals surface area contributed by atoms with Crippen molar-refractivity contribution in [1.29, 1.82) is 0 Å². The number of carbonyl (C=O) groups is 1. The molecule has 0 amide bonds. The van der Waals surface area contributed by atoms with Gasteiger partial charge in [0, 0.05) is 32.2 Å². The summed E-state index contributed by atoms with van der Waals surface area (Å²) in [4.78, 5) is 13.9. The summed E-state index contributed by atoms with van der Waals surface area (Å²) in [5.41, 5.74) is 2.97. The average Bonchev–Trinajstić information content (AvgIpc) is 2.64. The predicted molar refractivity (Wildman–Crippen MR) is 112 cm³/mol. The van der Waals surface area contributed by atoms with Crippen molar-refractivity contribution in [2.45, 2.75) is 23.5 Å². The number of thioether (sulfide) groups is 1. The topological polar surface area (TPSA) is 17.1 Å². The molecule has 0 bridgehead atoms. The molecule has 0 saturated carbocycles. The molecule has 0 radical (unpaired) electrons. The van der Waals surface area contributed by atoms with Gasteiger partial charge in [-0.1, -0.05) is 65.2 Å². The molecular formula is C22H18Cl2OS. The summed E-state index contributed by atoms with van der Waals surface area (Å²) in [5.74, 6) is 0.131. The second-order valence-corrected chi connectivity index (χ2v) is 8.25. The monoisotopic (exact) mass is 400 g/mol. The molecule has 1 nitrogen and oxygen atoms in total. The second kappa shape index (κ2) is 8.77. The quantitative estimate of drug-likeness (QED) is 0.316. The van der Waals surface area contributed by atoms with E-state index in [9.17, 15) is 4.79 Å². The van der Waals surface area contributed by atoms with Gasteiger partial charge in [0.2, 0.25) is 0 Å². The van der Waals surface area contributed by atoms with Gasteiger partial charge in [0.1, 0.15) is 0 Å². The number of aryl methyl sites for hydroxylation is 1. The fourth-order valence-electron chi connectivity index (χ4n) is 2.61. The predicted octanol–water partition coefficient (Wildman–Crippen LogP) is 7.41. The Bertz CT molecular complexity index is 872. The van der Waals surface area contributed by atoms with Gasteiger partial charge in [-0.25, -0.2) is 0 Å². The Balaban J connectivity index is 1.84. The van der Waals surface area contributed by atoms with Gasteiger partial charge in [0.05, 0.1) is 0 Å². The average molecular weight is 401 g/mol. The van der Waals surface area contributed by atoms with Crippen molar-refractivity contribution in [1.82, 2.24) is 0 Å². The summed E-state index contributed by atoms with van der Waals surface area (Å²) >= 11 is 13.7. The van der Waals surface area contributed by atoms with Gasteiger partial charge in [-0.05, 0) is 48.9 Å². The van der Waals surface area contributed by atoms with Crippen LogP contribution in [0.3, 0.4) is 0 Å². The lowest BCUT2D eigenvalue weighted by molar-refractivity contribution is 0.0982. The number of carbonyl (C=O) groups excluding carboxylic acids is 1. The van der Waals surface area contributed by atoms with Crippen molar-refractivity contribution < 1.29 is 4.79 Å². The Morgan fingerprint density at radius 1 is 0.846 bits per heavy atom. The molecule has 0 aromatic heterocycles. The van der Waals surface area contributed by atoms with E-state index >= 15 is 0 Å². The highest BCUT2D eigenvalue weighted by Crippen LogP contribution is 2.39. The van der Waals surface area contributed by atoms with Crippen molar-refractivity contribution in [2.75, 3.05) is 0 Å². The van der Waals surface area contributed by atoms with Gasteiger partial charge in [-0.2, -0.15) is 0 Å². The normalized spacial score (nSPS) is 12.0. The summed E-state index contributed by atoms with van der Waals surface area (Å²) in [6.45, 7) is 2.02. The van der Waals surface area contributed by atoms with Crippen molar-refractivity contribution in [3.8, 4) is 0 Å². The highest BCUT2D eigenvalue weighted by Gasteiger charge is 2.19. The molecule has 1 atom stereocenters. The third-order valence-electron chi connectivity index (χ3n) is 4.08. The largest absolute Gasteiger partial charge is 0.294 e. The van der Waals surface area contributed by atoms with E-state index < -0.39 is 0 Å². The van der Waals surface area contributed by atoms with Crippen molar-refractivity contribution in [3.05, 3.63) is 99.5 Å². The standard InChI is InChI=1S/C22H18Cl2OS/c1-15-2-4-16(5-3-15)21(25)14-22(17-6-8-18(23)9-7-17)26-20-12-10-19(24)11-13-20/h2-13,22H,14H2,1H3/t22-/m0/s1. The molecule has 0 N–H and O–H groups in total. The van der Waals surface area contributed by atoms with E-state index in [-0.39, 0.29) is 11.0 Å². The van der Waals surface area contributed by atoms with E-state index in [0.717, 1.165) is 21.6 Å². The van der Waals surface area contributed by atoms with Crippen LogP contribution in [0.5, 0.6) is 0 Å². The Morgan fingerprint density at radius 3 is 1.96 bits per heavy atom. The number of Topliss-reactive ketones (excluding diaryl/α,β-unsaturated/α-hetero) is 1. The first-order chi connectivity index (χ1) is 12.5. The second-order valence-electron chi connectivity index (χ2n) is 6.11. The molecular weight excluding hydrogens is 383 g/mol. The molecule has 0 fully saturated rings. The SMILES string of the molecule is Cc1ccc(C(=O)C[C@H](Sc2ccc(Cl)cc2)c2ccc(Cl)cc2)cc1. The number of ketones is 1. The molecule has 132 valence electrons. The molecule has 0 aliphatic carbocycles. The molecule has 0 aliphatic rings. The van der Waals surface area contributed by atoms with E-state index in [0.29, 0.717) is 16.5 Å². The molecule has 0 spiro atoms. The lowest BCUT2D eigenvalue weighted by Crippen LogP contribution is -2.05. The highest BCUT2D eigenvalue weighted by molar-refractivity contribution is 7.99. The summed E-state index contributed by atoms with van der Waals surface area (Å²) in [6, 6.07) is 23.1. The van der Waals surface area contributed by atoms with Gasteiger partial charge in [0.15, 0.2) is 5.78 Å². The van der Waals surface area contributed by atoms with E-state index in [4.69, 9.17) is 23.2 Å². The van der Waals surface area contributed by atoms with E-state index in [2.05, 4.69) is 0 Å². The number of halogens is 2. The first-order valence-corrected chi connectivity index (χ1v) is 9.92. The minimum absolute atomic E-state index is 0.00208. The minimum Gasteiger partial charge on any atom is -0.294 e. The third kappa shape index (κ3) is 5.14. The highest BCUT2D eigenvalue weighted by atomic mass is 35.5. The molecule has 26 heavy (non-hydrogen) atoms. The fourth-order valence-corrected chi connectivity index (χ4v) is 4.01. The Kier molecular flexibility index (Phi) is 6.42. The number of hydrogen-bond donors (Lipinski definition) is 0. The van der Waals surface area contributed by atoms with Crippen LogP contribution in [0.2, 0.25) is 10.0 Å². The zero-order valence-electron chi connectivity index (χ0n) is 14.3.